The fourth-order valence-electron chi connectivity index (χ4n) is 3.38. The molecule has 0 aliphatic carbocycles. The summed E-state index contributed by atoms with van der Waals surface area (Å²) in [5.74, 6) is -0.301. The van der Waals surface area contributed by atoms with Gasteiger partial charge < -0.3 is 4.55 Å². The van der Waals surface area contributed by atoms with Crippen LogP contribution in [-0.4, -0.2) is 35.6 Å². The van der Waals surface area contributed by atoms with Crippen LogP contribution in [0.2, 0.25) is 0 Å². The van der Waals surface area contributed by atoms with Crippen molar-refractivity contribution in [1.82, 2.24) is 0 Å². The summed E-state index contributed by atoms with van der Waals surface area (Å²) in [6, 6.07) is 8.32. The molecular weight excluding hydrogens is 298 g/mol. The highest BCUT2D eigenvalue weighted by atomic mass is 32.2. The van der Waals surface area contributed by atoms with Crippen molar-refractivity contribution < 1.29 is 17.5 Å². The summed E-state index contributed by atoms with van der Waals surface area (Å²) in [5.41, 5.74) is 3.72. The monoisotopic (exact) mass is 323 g/mol. The summed E-state index contributed by atoms with van der Waals surface area (Å²) in [6.45, 7) is 7.16. The molecule has 22 heavy (non-hydrogen) atoms. The van der Waals surface area contributed by atoms with Crippen molar-refractivity contribution in [2.24, 2.45) is 0 Å². The van der Waals surface area contributed by atoms with Gasteiger partial charge in [0.25, 0.3) is 0 Å². The van der Waals surface area contributed by atoms with E-state index in [0.717, 1.165) is 24.9 Å². The van der Waals surface area contributed by atoms with Crippen LogP contribution in [-0.2, 0) is 15.5 Å². The first-order chi connectivity index (χ1) is 10.3. The summed E-state index contributed by atoms with van der Waals surface area (Å²) >= 11 is 0. The first-order valence-electron chi connectivity index (χ1n) is 7.94. The third kappa shape index (κ3) is 3.41. The van der Waals surface area contributed by atoms with Gasteiger partial charge in [0.1, 0.15) is 6.54 Å². The van der Waals surface area contributed by atoms with Crippen molar-refractivity contribution in [1.29, 1.82) is 0 Å². The summed E-state index contributed by atoms with van der Waals surface area (Å²) in [5, 5.41) is 0. The highest BCUT2D eigenvalue weighted by Crippen LogP contribution is 2.42. The molecule has 122 valence electrons. The minimum absolute atomic E-state index is 0.00292. The Morgan fingerprint density at radius 1 is 1.23 bits per heavy atom. The van der Waals surface area contributed by atoms with E-state index in [1.54, 1.807) is 0 Å². The smallest absolute Gasteiger partial charge is 0.209 e. The molecule has 1 unspecified atom stereocenters. The van der Waals surface area contributed by atoms with Gasteiger partial charge in [0.15, 0.2) is 5.71 Å². The highest BCUT2D eigenvalue weighted by Gasteiger charge is 2.45. The predicted octanol–water partition coefficient (Wildman–Crippen LogP) is 3.19. The van der Waals surface area contributed by atoms with Crippen LogP contribution in [0, 0.1) is 0 Å². The minimum atomic E-state index is -4.14. The van der Waals surface area contributed by atoms with Gasteiger partial charge >= 0.3 is 0 Å². The first kappa shape index (κ1) is 17.2. The lowest BCUT2D eigenvalue weighted by Crippen LogP contribution is -2.30. The van der Waals surface area contributed by atoms with E-state index in [4.69, 9.17) is 0 Å². The molecular formula is C17H25NO3S. The van der Waals surface area contributed by atoms with E-state index >= 15 is 0 Å². The van der Waals surface area contributed by atoms with Crippen molar-refractivity contribution in [2.45, 2.75) is 51.9 Å². The lowest BCUT2D eigenvalue weighted by Gasteiger charge is -2.21. The molecule has 1 heterocycles. The lowest BCUT2D eigenvalue weighted by molar-refractivity contribution is -0.438. The summed E-state index contributed by atoms with van der Waals surface area (Å²) in [4.78, 5) is 0. The average Bonchev–Trinajstić information content (AvgIpc) is 2.67. The molecule has 1 atom stereocenters. The molecule has 0 radical (unpaired) electrons. The van der Waals surface area contributed by atoms with Gasteiger partial charge in [-0.15, -0.1) is 0 Å². The average molecular weight is 323 g/mol. The summed E-state index contributed by atoms with van der Waals surface area (Å²) in [7, 11) is -4.14. The number of benzene rings is 1. The number of hydrogen-bond acceptors (Lipinski definition) is 3. The maximum atomic E-state index is 10.8. The Bertz CT molecular complexity index is 679. The molecule has 0 N–H and O–H groups in total. The third-order valence-corrected chi connectivity index (χ3v) is 5.59. The Balaban J connectivity index is 2.30. The fraction of sp³-hybridized carbons (Fsp3) is 0.588. The lowest BCUT2D eigenvalue weighted by atomic mass is 9.76. The van der Waals surface area contributed by atoms with Crippen LogP contribution in [0.25, 0.3) is 0 Å². The van der Waals surface area contributed by atoms with Crippen molar-refractivity contribution in [3.8, 4) is 0 Å². The van der Waals surface area contributed by atoms with Crippen molar-refractivity contribution in [3.63, 3.8) is 0 Å². The molecule has 4 nitrogen and oxygen atoms in total. The second-order valence-corrected chi connectivity index (χ2v) is 7.83. The Kier molecular flexibility index (Phi) is 5.07. The molecule has 0 saturated carbocycles. The van der Waals surface area contributed by atoms with E-state index < -0.39 is 10.1 Å². The van der Waals surface area contributed by atoms with Crippen molar-refractivity contribution in [2.75, 3.05) is 12.3 Å². The van der Waals surface area contributed by atoms with Gasteiger partial charge in [-0.05, 0) is 13.3 Å². The van der Waals surface area contributed by atoms with Crippen LogP contribution in [0.1, 0.15) is 52.0 Å². The van der Waals surface area contributed by atoms with Gasteiger partial charge in [0.2, 0.25) is 5.69 Å². The van der Waals surface area contributed by atoms with E-state index in [0.29, 0.717) is 13.0 Å². The van der Waals surface area contributed by atoms with Gasteiger partial charge in [-0.2, -0.15) is 4.58 Å². The Morgan fingerprint density at radius 2 is 1.91 bits per heavy atom. The molecule has 1 aromatic rings. The van der Waals surface area contributed by atoms with E-state index in [1.807, 2.05) is 6.07 Å². The van der Waals surface area contributed by atoms with Gasteiger partial charge in [-0.3, -0.25) is 0 Å². The first-order valence-corrected chi connectivity index (χ1v) is 9.52. The third-order valence-electron chi connectivity index (χ3n) is 4.80. The number of rotatable bonds is 7. The second kappa shape index (κ2) is 6.50. The molecule has 2 rings (SSSR count). The normalized spacial score (nSPS) is 21.3. The molecule has 0 bridgehead atoms. The van der Waals surface area contributed by atoms with Crippen LogP contribution in [0.3, 0.4) is 0 Å². The van der Waals surface area contributed by atoms with Crippen LogP contribution in [0.5, 0.6) is 0 Å². The van der Waals surface area contributed by atoms with E-state index in [-0.39, 0.29) is 11.2 Å². The molecule has 5 heteroatoms. The van der Waals surface area contributed by atoms with Crippen LogP contribution < -0.4 is 0 Å². The molecule has 0 spiro atoms. The Hall–Kier alpha value is -1.20. The topological polar surface area (TPSA) is 60.2 Å². The Labute approximate surface area is 133 Å². The number of hydrogen-bond donors (Lipinski definition) is 0. The standard InChI is InChI=1S/C17H25NO3S/c1-4-5-11-17(3)14(2)18(12-8-13-22(19,20)21)16-10-7-6-9-15(16)17/h6-7,9-10H,4-5,8,11-13H2,1-3H3. The minimum Gasteiger partial charge on any atom is -0.748 e. The second-order valence-electron chi connectivity index (χ2n) is 6.31. The molecule has 1 aliphatic heterocycles. The number of unbranched alkanes of at least 4 members (excludes halogenated alkanes) is 1. The van der Waals surface area contributed by atoms with E-state index in [2.05, 4.69) is 43.5 Å². The molecule has 0 aromatic heterocycles. The summed E-state index contributed by atoms with van der Waals surface area (Å²) < 4.78 is 34.7. The number of fused-ring (bicyclic) bond motifs is 1. The molecule has 0 amide bonds. The largest absolute Gasteiger partial charge is 0.748 e. The van der Waals surface area contributed by atoms with Gasteiger partial charge in [0, 0.05) is 30.7 Å². The Morgan fingerprint density at radius 3 is 2.55 bits per heavy atom. The highest BCUT2D eigenvalue weighted by molar-refractivity contribution is 7.85. The quantitative estimate of drug-likeness (QED) is 0.572. The van der Waals surface area contributed by atoms with Gasteiger partial charge in [0.05, 0.1) is 15.5 Å². The fourth-order valence-corrected chi connectivity index (χ4v) is 3.87. The number of para-hydroxylation sites is 1. The predicted molar refractivity (Wildman–Crippen MR) is 88.0 cm³/mol. The maximum absolute atomic E-state index is 10.8. The molecule has 0 fully saturated rings. The van der Waals surface area contributed by atoms with Crippen LogP contribution in [0.15, 0.2) is 24.3 Å². The molecule has 1 aliphatic rings. The summed E-state index contributed by atoms with van der Waals surface area (Å²) in [6.07, 6.45) is 3.76. The number of nitrogens with zero attached hydrogens (tertiary/aromatic N) is 1. The zero-order valence-electron chi connectivity index (χ0n) is 13.6. The maximum Gasteiger partial charge on any atom is 0.209 e. The van der Waals surface area contributed by atoms with Crippen molar-refractivity contribution in [3.05, 3.63) is 29.8 Å². The zero-order valence-corrected chi connectivity index (χ0v) is 14.4. The van der Waals surface area contributed by atoms with Crippen LogP contribution in [0.4, 0.5) is 5.69 Å². The van der Waals surface area contributed by atoms with Crippen molar-refractivity contribution >= 4 is 21.5 Å². The van der Waals surface area contributed by atoms with E-state index in [9.17, 15) is 13.0 Å². The van der Waals surface area contributed by atoms with E-state index in [1.165, 1.54) is 11.3 Å². The zero-order chi connectivity index (χ0) is 16.4. The molecule has 1 aromatic carbocycles. The molecule has 0 saturated heterocycles. The van der Waals surface area contributed by atoms with Gasteiger partial charge in [-0.1, -0.05) is 38.0 Å². The van der Waals surface area contributed by atoms with Crippen LogP contribution >= 0.6 is 0 Å². The SMILES string of the molecule is CCCCC1(C)C(C)=[N+](CCCS(=O)(=O)[O-])c2ccccc21. The van der Waals surface area contributed by atoms with Gasteiger partial charge in [-0.25, -0.2) is 8.42 Å².